The Balaban J connectivity index is 1.68. The summed E-state index contributed by atoms with van der Waals surface area (Å²) in [6.07, 6.45) is 7.17. The number of rotatable bonds is 5. The number of piperidine rings is 1. The molecule has 25 heavy (non-hydrogen) atoms. The summed E-state index contributed by atoms with van der Waals surface area (Å²) >= 11 is 0. The molecular weight excluding hydrogens is 322 g/mol. The van der Waals surface area contributed by atoms with Crippen molar-refractivity contribution >= 4 is 0 Å². The second-order valence-electron chi connectivity index (χ2n) is 7.18. The van der Waals surface area contributed by atoms with Crippen molar-refractivity contribution in [2.75, 3.05) is 13.1 Å². The zero-order valence-electron chi connectivity index (χ0n) is 14.2. The molecule has 1 atom stereocenters. The highest BCUT2D eigenvalue weighted by Gasteiger charge is 2.54. The van der Waals surface area contributed by atoms with Gasteiger partial charge < -0.3 is 0 Å². The molecule has 1 aromatic heterocycles. The second-order valence-corrected chi connectivity index (χ2v) is 7.18. The summed E-state index contributed by atoms with van der Waals surface area (Å²) in [7, 11) is 0. The van der Waals surface area contributed by atoms with Gasteiger partial charge in [0.15, 0.2) is 0 Å². The Kier molecular flexibility index (Phi) is 4.15. The minimum Gasteiger partial charge on any atom is -0.296 e. The van der Waals surface area contributed by atoms with Gasteiger partial charge in [-0.15, -0.1) is 0 Å². The summed E-state index contributed by atoms with van der Waals surface area (Å²) < 4.78 is 29.8. The highest BCUT2D eigenvalue weighted by molar-refractivity contribution is 5.30. The van der Waals surface area contributed by atoms with Gasteiger partial charge in [0.05, 0.1) is 6.54 Å². The lowest BCUT2D eigenvalue weighted by atomic mass is 9.86. The Bertz CT molecular complexity index is 758. The first kappa shape index (κ1) is 16.4. The third kappa shape index (κ3) is 3.11. The molecule has 2 heterocycles. The summed E-state index contributed by atoms with van der Waals surface area (Å²) in [5.41, 5.74) is 1.78. The Hall–Kier alpha value is -2.08. The zero-order chi connectivity index (χ0) is 17.4. The summed E-state index contributed by atoms with van der Waals surface area (Å²) in [6, 6.07) is 3.92. The molecule has 2 fully saturated rings. The molecule has 2 aliphatic rings. The highest BCUT2D eigenvalue weighted by Crippen LogP contribution is 2.54. The van der Waals surface area contributed by atoms with E-state index in [1.54, 1.807) is 17.1 Å². The van der Waals surface area contributed by atoms with Gasteiger partial charge in [-0.25, -0.2) is 13.8 Å². The molecule has 1 aromatic carbocycles. The molecule has 132 valence electrons. The van der Waals surface area contributed by atoms with Crippen LogP contribution in [0.2, 0.25) is 0 Å². The van der Waals surface area contributed by atoms with Crippen LogP contribution < -0.4 is 0 Å². The van der Waals surface area contributed by atoms with Crippen LogP contribution in [-0.4, -0.2) is 38.3 Å². The van der Waals surface area contributed by atoms with Crippen LogP contribution in [0.25, 0.3) is 0 Å². The van der Waals surface area contributed by atoms with Gasteiger partial charge in [0.1, 0.15) is 24.3 Å². The first-order valence-electron chi connectivity index (χ1n) is 8.77. The van der Waals surface area contributed by atoms with E-state index >= 15 is 0 Å². The Morgan fingerprint density at radius 1 is 1.20 bits per heavy atom. The summed E-state index contributed by atoms with van der Waals surface area (Å²) in [6.45, 7) is 6.54. The largest absolute Gasteiger partial charge is 0.296 e. The van der Waals surface area contributed by atoms with E-state index in [2.05, 4.69) is 21.6 Å². The van der Waals surface area contributed by atoms with Crippen LogP contribution in [0.4, 0.5) is 8.78 Å². The third-order valence-corrected chi connectivity index (χ3v) is 5.69. The monoisotopic (exact) mass is 344 g/mol. The lowest BCUT2D eigenvalue weighted by Gasteiger charge is -2.40. The Morgan fingerprint density at radius 2 is 1.96 bits per heavy atom. The van der Waals surface area contributed by atoms with E-state index in [9.17, 15) is 8.78 Å². The van der Waals surface area contributed by atoms with Crippen LogP contribution in [0.15, 0.2) is 43.0 Å². The topological polar surface area (TPSA) is 34.0 Å². The average Bonchev–Trinajstić information content (AvgIpc) is 3.23. The van der Waals surface area contributed by atoms with E-state index in [0.717, 1.165) is 44.8 Å². The van der Waals surface area contributed by atoms with Gasteiger partial charge in [-0.3, -0.25) is 9.58 Å². The number of hydrogen-bond donors (Lipinski definition) is 0. The molecule has 0 amide bonds. The molecule has 1 unspecified atom stereocenters. The van der Waals surface area contributed by atoms with Crippen molar-refractivity contribution in [3.8, 4) is 0 Å². The van der Waals surface area contributed by atoms with Crippen molar-refractivity contribution < 1.29 is 8.78 Å². The van der Waals surface area contributed by atoms with Gasteiger partial charge in [0.2, 0.25) is 0 Å². The Labute approximate surface area is 146 Å². The van der Waals surface area contributed by atoms with Crippen LogP contribution in [0, 0.1) is 11.6 Å². The summed E-state index contributed by atoms with van der Waals surface area (Å²) in [5, 5.41) is 4.20. The molecule has 1 saturated heterocycles. The SMILES string of the molecule is C=C1CCN(C2(C(Cn3cncn3)c3ccc(F)cc3F)CC2)CC1. The number of halogens is 2. The minimum atomic E-state index is -0.542. The van der Waals surface area contributed by atoms with Crippen LogP contribution in [0.1, 0.15) is 37.2 Å². The lowest BCUT2D eigenvalue weighted by Crippen LogP contribution is -2.46. The number of hydrogen-bond acceptors (Lipinski definition) is 3. The fourth-order valence-electron chi connectivity index (χ4n) is 4.14. The van der Waals surface area contributed by atoms with Crippen LogP contribution in [0.3, 0.4) is 0 Å². The van der Waals surface area contributed by atoms with Crippen molar-refractivity contribution in [3.63, 3.8) is 0 Å². The van der Waals surface area contributed by atoms with Gasteiger partial charge in [0, 0.05) is 30.6 Å². The maximum atomic E-state index is 14.6. The minimum absolute atomic E-state index is 0.0781. The number of nitrogens with zero attached hydrogens (tertiary/aromatic N) is 4. The predicted octanol–water partition coefficient (Wildman–Crippen LogP) is 3.52. The van der Waals surface area contributed by atoms with Crippen molar-refractivity contribution in [3.05, 3.63) is 60.2 Å². The molecule has 1 saturated carbocycles. The maximum absolute atomic E-state index is 14.6. The van der Waals surface area contributed by atoms with Crippen molar-refractivity contribution in [1.82, 2.24) is 19.7 Å². The van der Waals surface area contributed by atoms with E-state index in [4.69, 9.17) is 0 Å². The fraction of sp³-hybridized carbons (Fsp3) is 0.474. The van der Waals surface area contributed by atoms with E-state index in [1.165, 1.54) is 18.0 Å². The average molecular weight is 344 g/mol. The summed E-state index contributed by atoms with van der Waals surface area (Å²) in [4.78, 5) is 6.48. The highest BCUT2D eigenvalue weighted by atomic mass is 19.1. The lowest BCUT2D eigenvalue weighted by molar-refractivity contribution is 0.128. The molecule has 0 radical (unpaired) electrons. The van der Waals surface area contributed by atoms with Gasteiger partial charge in [-0.2, -0.15) is 5.10 Å². The number of likely N-dealkylation sites (tertiary alicyclic amines) is 1. The van der Waals surface area contributed by atoms with Crippen LogP contribution in [-0.2, 0) is 6.54 Å². The van der Waals surface area contributed by atoms with E-state index in [-0.39, 0.29) is 11.5 Å². The smallest absolute Gasteiger partial charge is 0.137 e. The number of benzene rings is 1. The fourth-order valence-corrected chi connectivity index (χ4v) is 4.14. The molecule has 0 N–H and O–H groups in total. The third-order valence-electron chi connectivity index (χ3n) is 5.69. The normalized spacial score (nSPS) is 21.3. The van der Waals surface area contributed by atoms with E-state index in [0.29, 0.717) is 12.1 Å². The van der Waals surface area contributed by atoms with Gasteiger partial charge in [0.25, 0.3) is 0 Å². The Morgan fingerprint density at radius 3 is 2.56 bits per heavy atom. The van der Waals surface area contributed by atoms with Crippen LogP contribution >= 0.6 is 0 Å². The molecule has 0 spiro atoms. The van der Waals surface area contributed by atoms with Gasteiger partial charge >= 0.3 is 0 Å². The second kappa shape index (κ2) is 6.33. The first-order chi connectivity index (χ1) is 12.1. The van der Waals surface area contributed by atoms with Gasteiger partial charge in [-0.05, 0) is 37.3 Å². The predicted molar refractivity (Wildman–Crippen MR) is 91.0 cm³/mol. The molecule has 1 aliphatic carbocycles. The standard InChI is InChI=1S/C19H22F2N4/c1-14-4-8-24(9-5-14)19(6-7-19)17(11-25-13-22-12-23-25)16-3-2-15(20)10-18(16)21/h2-3,10,12-13,17H,1,4-9,11H2. The molecule has 0 bridgehead atoms. The van der Waals surface area contributed by atoms with E-state index in [1.807, 2.05) is 0 Å². The van der Waals surface area contributed by atoms with Crippen molar-refractivity contribution in [2.45, 2.75) is 43.7 Å². The van der Waals surface area contributed by atoms with Crippen molar-refractivity contribution in [1.29, 1.82) is 0 Å². The molecule has 4 nitrogen and oxygen atoms in total. The molecule has 4 rings (SSSR count). The van der Waals surface area contributed by atoms with Gasteiger partial charge in [-0.1, -0.05) is 18.2 Å². The molecule has 2 aromatic rings. The molecular formula is C19H22F2N4. The zero-order valence-corrected chi connectivity index (χ0v) is 14.2. The maximum Gasteiger partial charge on any atom is 0.137 e. The number of aromatic nitrogens is 3. The molecule has 1 aliphatic heterocycles. The quantitative estimate of drug-likeness (QED) is 0.778. The summed E-state index contributed by atoms with van der Waals surface area (Å²) in [5.74, 6) is -1.10. The van der Waals surface area contributed by atoms with Crippen LogP contribution in [0.5, 0.6) is 0 Å². The van der Waals surface area contributed by atoms with E-state index < -0.39 is 11.6 Å². The van der Waals surface area contributed by atoms with Crippen molar-refractivity contribution in [2.24, 2.45) is 0 Å². The first-order valence-corrected chi connectivity index (χ1v) is 8.77. The molecule has 6 heteroatoms.